The van der Waals surface area contributed by atoms with Crippen LogP contribution in [0.5, 0.6) is 0 Å². The summed E-state index contributed by atoms with van der Waals surface area (Å²) in [7, 11) is 0. The molecular formula is C12H14O4. The highest BCUT2D eigenvalue weighted by Crippen LogP contribution is 2.28. The van der Waals surface area contributed by atoms with Crippen molar-refractivity contribution in [1.29, 1.82) is 0 Å². The molecule has 0 radical (unpaired) electrons. The number of ether oxygens (including phenoxy) is 4. The van der Waals surface area contributed by atoms with Crippen LogP contribution in [0, 0.1) is 0 Å². The van der Waals surface area contributed by atoms with Gasteiger partial charge in [-0.2, -0.15) is 0 Å². The fourth-order valence-electron chi connectivity index (χ4n) is 1.95. The number of benzene rings is 1. The highest BCUT2D eigenvalue weighted by atomic mass is 16.7. The van der Waals surface area contributed by atoms with Crippen LogP contribution in [0.3, 0.4) is 0 Å². The van der Waals surface area contributed by atoms with E-state index in [1.54, 1.807) is 0 Å². The van der Waals surface area contributed by atoms with E-state index in [2.05, 4.69) is 0 Å². The molecule has 2 heterocycles. The lowest BCUT2D eigenvalue weighted by Crippen LogP contribution is -2.02. The van der Waals surface area contributed by atoms with Crippen LogP contribution >= 0.6 is 0 Å². The summed E-state index contributed by atoms with van der Waals surface area (Å²) in [5, 5.41) is 0. The zero-order chi connectivity index (χ0) is 10.8. The first-order valence-electron chi connectivity index (χ1n) is 5.50. The van der Waals surface area contributed by atoms with Gasteiger partial charge in [0.15, 0.2) is 12.6 Å². The van der Waals surface area contributed by atoms with Crippen molar-refractivity contribution in [3.63, 3.8) is 0 Å². The van der Waals surface area contributed by atoms with Gasteiger partial charge in [-0.25, -0.2) is 0 Å². The van der Waals surface area contributed by atoms with Crippen LogP contribution < -0.4 is 0 Å². The van der Waals surface area contributed by atoms with Crippen molar-refractivity contribution in [3.05, 3.63) is 35.4 Å². The van der Waals surface area contributed by atoms with Crippen molar-refractivity contribution in [2.75, 3.05) is 26.4 Å². The van der Waals surface area contributed by atoms with E-state index in [9.17, 15) is 0 Å². The second kappa shape index (κ2) is 4.51. The molecule has 0 saturated carbocycles. The van der Waals surface area contributed by atoms with E-state index in [0.29, 0.717) is 26.4 Å². The number of hydrogen-bond acceptors (Lipinski definition) is 4. The highest BCUT2D eigenvalue weighted by molar-refractivity contribution is 5.25. The van der Waals surface area contributed by atoms with Crippen molar-refractivity contribution in [1.82, 2.24) is 0 Å². The Balaban J connectivity index is 1.81. The van der Waals surface area contributed by atoms with Crippen molar-refractivity contribution < 1.29 is 18.9 Å². The van der Waals surface area contributed by atoms with Crippen LogP contribution in [0.1, 0.15) is 23.7 Å². The maximum atomic E-state index is 5.45. The van der Waals surface area contributed by atoms with E-state index < -0.39 is 0 Å². The van der Waals surface area contributed by atoms with Gasteiger partial charge in [0.25, 0.3) is 0 Å². The van der Waals surface area contributed by atoms with Gasteiger partial charge in [0.05, 0.1) is 26.4 Å². The van der Waals surface area contributed by atoms with Gasteiger partial charge < -0.3 is 18.9 Å². The van der Waals surface area contributed by atoms with E-state index >= 15 is 0 Å². The molecule has 2 fully saturated rings. The Morgan fingerprint density at radius 2 is 1.19 bits per heavy atom. The molecule has 0 bridgehead atoms. The number of hydrogen-bond donors (Lipinski definition) is 0. The minimum atomic E-state index is -0.235. The molecule has 86 valence electrons. The van der Waals surface area contributed by atoms with Crippen LogP contribution in [0.25, 0.3) is 0 Å². The Morgan fingerprint density at radius 1 is 0.750 bits per heavy atom. The van der Waals surface area contributed by atoms with Crippen LogP contribution in [-0.2, 0) is 18.9 Å². The van der Waals surface area contributed by atoms with Gasteiger partial charge in [0, 0.05) is 11.1 Å². The standard InChI is InChI=1S/C12H14O4/c1-2-9(11-13-4-5-14-11)8-10(3-1)12-15-6-7-16-12/h1-3,8,11-12H,4-7H2. The predicted octanol–water partition coefficient (Wildman–Crippen LogP) is 1.78. The molecule has 1 aromatic carbocycles. The Labute approximate surface area is 94.1 Å². The minimum Gasteiger partial charge on any atom is -0.346 e. The molecule has 0 aliphatic carbocycles. The second-order valence-corrected chi connectivity index (χ2v) is 3.82. The van der Waals surface area contributed by atoms with Gasteiger partial charge in [-0.1, -0.05) is 18.2 Å². The monoisotopic (exact) mass is 222 g/mol. The summed E-state index contributed by atoms with van der Waals surface area (Å²) in [5.41, 5.74) is 2.04. The molecule has 3 rings (SSSR count). The third-order valence-corrected chi connectivity index (χ3v) is 2.70. The Kier molecular flexibility index (Phi) is 2.88. The fourth-order valence-corrected chi connectivity index (χ4v) is 1.95. The molecule has 16 heavy (non-hydrogen) atoms. The summed E-state index contributed by atoms with van der Waals surface area (Å²) in [6.45, 7) is 2.63. The van der Waals surface area contributed by atoms with Crippen LogP contribution in [-0.4, -0.2) is 26.4 Å². The van der Waals surface area contributed by atoms with E-state index in [1.807, 2.05) is 24.3 Å². The normalized spacial score (nSPS) is 23.0. The van der Waals surface area contributed by atoms with Gasteiger partial charge in [-0.15, -0.1) is 0 Å². The van der Waals surface area contributed by atoms with Crippen molar-refractivity contribution in [3.8, 4) is 0 Å². The summed E-state index contributed by atoms with van der Waals surface area (Å²) < 4.78 is 21.8. The van der Waals surface area contributed by atoms with Gasteiger partial charge >= 0.3 is 0 Å². The molecule has 4 heteroatoms. The van der Waals surface area contributed by atoms with E-state index in [4.69, 9.17) is 18.9 Å². The first-order chi connectivity index (χ1) is 7.93. The Hall–Kier alpha value is -0.940. The van der Waals surface area contributed by atoms with Crippen LogP contribution in [0.15, 0.2) is 24.3 Å². The van der Waals surface area contributed by atoms with Crippen molar-refractivity contribution >= 4 is 0 Å². The first kappa shape index (κ1) is 10.2. The molecule has 2 aliphatic rings. The molecule has 0 spiro atoms. The average molecular weight is 222 g/mol. The van der Waals surface area contributed by atoms with E-state index in [0.717, 1.165) is 11.1 Å². The molecular weight excluding hydrogens is 208 g/mol. The molecule has 0 N–H and O–H groups in total. The molecule has 0 aromatic heterocycles. The number of rotatable bonds is 2. The van der Waals surface area contributed by atoms with Crippen molar-refractivity contribution in [2.45, 2.75) is 12.6 Å². The lowest BCUT2D eigenvalue weighted by Gasteiger charge is -2.13. The summed E-state index contributed by atoms with van der Waals surface area (Å²) in [4.78, 5) is 0. The third-order valence-electron chi connectivity index (χ3n) is 2.70. The minimum absolute atomic E-state index is 0.235. The Morgan fingerprint density at radius 3 is 1.62 bits per heavy atom. The van der Waals surface area contributed by atoms with Gasteiger partial charge in [0.1, 0.15) is 0 Å². The molecule has 4 nitrogen and oxygen atoms in total. The molecule has 0 amide bonds. The van der Waals surface area contributed by atoms with E-state index in [1.165, 1.54) is 0 Å². The summed E-state index contributed by atoms with van der Waals surface area (Å²) in [5.74, 6) is 0. The summed E-state index contributed by atoms with van der Waals surface area (Å²) >= 11 is 0. The Bertz CT molecular complexity index is 323. The maximum absolute atomic E-state index is 5.45. The lowest BCUT2D eigenvalue weighted by atomic mass is 10.1. The van der Waals surface area contributed by atoms with E-state index in [-0.39, 0.29) is 12.6 Å². The molecule has 2 aliphatic heterocycles. The lowest BCUT2D eigenvalue weighted by molar-refractivity contribution is -0.0492. The summed E-state index contributed by atoms with van der Waals surface area (Å²) in [6, 6.07) is 7.98. The predicted molar refractivity (Wildman–Crippen MR) is 55.7 cm³/mol. The third kappa shape index (κ3) is 1.97. The van der Waals surface area contributed by atoms with Crippen LogP contribution in [0.2, 0.25) is 0 Å². The zero-order valence-corrected chi connectivity index (χ0v) is 8.93. The molecule has 1 aromatic rings. The quantitative estimate of drug-likeness (QED) is 0.764. The second-order valence-electron chi connectivity index (χ2n) is 3.82. The maximum Gasteiger partial charge on any atom is 0.184 e. The zero-order valence-electron chi connectivity index (χ0n) is 8.93. The first-order valence-corrected chi connectivity index (χ1v) is 5.50. The topological polar surface area (TPSA) is 36.9 Å². The molecule has 2 saturated heterocycles. The fraction of sp³-hybridized carbons (Fsp3) is 0.500. The smallest absolute Gasteiger partial charge is 0.184 e. The van der Waals surface area contributed by atoms with Gasteiger partial charge in [0.2, 0.25) is 0 Å². The highest BCUT2D eigenvalue weighted by Gasteiger charge is 2.22. The van der Waals surface area contributed by atoms with Crippen molar-refractivity contribution in [2.24, 2.45) is 0 Å². The molecule has 0 unspecified atom stereocenters. The SMILES string of the molecule is c1cc(C2OCCO2)cc(C2OCCO2)c1. The van der Waals surface area contributed by atoms with Gasteiger partial charge in [-0.3, -0.25) is 0 Å². The summed E-state index contributed by atoms with van der Waals surface area (Å²) in [6.07, 6.45) is -0.470. The largest absolute Gasteiger partial charge is 0.346 e. The van der Waals surface area contributed by atoms with Gasteiger partial charge in [-0.05, 0) is 6.07 Å². The average Bonchev–Trinajstić information content (AvgIpc) is 3.03. The van der Waals surface area contributed by atoms with Crippen LogP contribution in [0.4, 0.5) is 0 Å². The molecule has 0 atom stereocenters.